The van der Waals surface area contributed by atoms with E-state index < -0.39 is 11.5 Å². The van der Waals surface area contributed by atoms with Crippen molar-refractivity contribution >= 4 is 22.6 Å². The second kappa shape index (κ2) is 5.88. The summed E-state index contributed by atoms with van der Waals surface area (Å²) in [6, 6.07) is 7.29. The van der Waals surface area contributed by atoms with E-state index in [-0.39, 0.29) is 5.56 Å². The van der Waals surface area contributed by atoms with Crippen LogP contribution in [0.5, 0.6) is 0 Å². The highest BCUT2D eigenvalue weighted by Crippen LogP contribution is 2.36. The summed E-state index contributed by atoms with van der Waals surface area (Å²) in [5, 5.41) is 2.79. The van der Waals surface area contributed by atoms with Crippen LogP contribution in [0.1, 0.15) is 52.7 Å². The molecule has 0 unspecified atom stereocenters. The highest BCUT2D eigenvalue weighted by Gasteiger charge is 2.25. The normalized spacial score (nSPS) is 14.5. The summed E-state index contributed by atoms with van der Waals surface area (Å²) in [5.41, 5.74) is 2.17. The van der Waals surface area contributed by atoms with Crippen molar-refractivity contribution in [2.24, 2.45) is 0 Å². The lowest BCUT2D eigenvalue weighted by molar-refractivity contribution is 0.102. The molecule has 1 amide bonds. The first-order valence-corrected chi connectivity index (χ1v) is 8.44. The lowest BCUT2D eigenvalue weighted by Gasteiger charge is -2.24. The second-order valence-electron chi connectivity index (χ2n) is 6.60. The molecule has 128 valence electrons. The van der Waals surface area contributed by atoms with Crippen LogP contribution >= 0.6 is 0 Å². The zero-order valence-corrected chi connectivity index (χ0v) is 14.2. The number of imidazole rings is 1. The van der Waals surface area contributed by atoms with Gasteiger partial charge in [0.1, 0.15) is 22.7 Å². The summed E-state index contributed by atoms with van der Waals surface area (Å²) in [6.45, 7) is 3.62. The quantitative estimate of drug-likeness (QED) is 0.763. The van der Waals surface area contributed by atoms with Gasteiger partial charge < -0.3 is 14.7 Å². The number of aromatic amines is 1. The van der Waals surface area contributed by atoms with Gasteiger partial charge in [-0.1, -0.05) is 12.5 Å². The minimum absolute atomic E-state index is 0.0485. The number of carbonyl (C=O) groups is 1. The molecule has 2 N–H and O–H groups in total. The molecule has 1 saturated carbocycles. The van der Waals surface area contributed by atoms with E-state index in [0.29, 0.717) is 28.4 Å². The summed E-state index contributed by atoms with van der Waals surface area (Å²) < 4.78 is 5.41. The van der Waals surface area contributed by atoms with Crippen LogP contribution < -0.4 is 10.9 Å². The van der Waals surface area contributed by atoms with Crippen LogP contribution in [0.2, 0.25) is 0 Å². The van der Waals surface area contributed by atoms with Gasteiger partial charge in [0.25, 0.3) is 5.91 Å². The number of amides is 1. The van der Waals surface area contributed by atoms with E-state index in [9.17, 15) is 9.59 Å². The topological polar surface area (TPSA) is 88.0 Å². The number of fused-ring (bicyclic) bond motifs is 1. The van der Waals surface area contributed by atoms with Crippen molar-refractivity contribution in [3.63, 3.8) is 0 Å². The number of H-pyrrole nitrogens is 1. The monoisotopic (exact) mass is 337 g/mol. The molecule has 0 radical (unpaired) electrons. The van der Waals surface area contributed by atoms with Crippen LogP contribution in [0.25, 0.3) is 11.0 Å². The number of benzene rings is 1. The zero-order chi connectivity index (χ0) is 17.6. The summed E-state index contributed by atoms with van der Waals surface area (Å²) >= 11 is 0. The zero-order valence-electron chi connectivity index (χ0n) is 14.2. The molecule has 6 nitrogen and oxygen atoms in total. The van der Waals surface area contributed by atoms with E-state index in [1.165, 1.54) is 0 Å². The molecule has 4 rings (SSSR count). The molecule has 25 heavy (non-hydrogen) atoms. The molecule has 0 spiro atoms. The van der Waals surface area contributed by atoms with E-state index in [1.807, 2.05) is 25.1 Å². The Labute approximate surface area is 144 Å². The fraction of sp³-hybridized carbons (Fsp3) is 0.316. The Morgan fingerprint density at radius 1 is 1.32 bits per heavy atom. The van der Waals surface area contributed by atoms with Crippen molar-refractivity contribution in [1.82, 2.24) is 9.97 Å². The van der Waals surface area contributed by atoms with Gasteiger partial charge in [0, 0.05) is 5.92 Å². The maximum absolute atomic E-state index is 12.7. The maximum atomic E-state index is 12.7. The lowest BCUT2D eigenvalue weighted by Crippen LogP contribution is -2.24. The van der Waals surface area contributed by atoms with Gasteiger partial charge in [0.2, 0.25) is 0 Å². The molecule has 3 aromatic rings. The SMILES string of the molecule is Cc1nc2c(NC(=O)c3c(C)cc(C4CCC4)oc3=O)cccc2[nH]1. The molecule has 2 aromatic heterocycles. The third-order valence-corrected chi connectivity index (χ3v) is 4.78. The average Bonchev–Trinajstić information content (AvgIpc) is 2.86. The van der Waals surface area contributed by atoms with Gasteiger partial charge in [0.05, 0.1) is 11.2 Å². The van der Waals surface area contributed by atoms with E-state index in [4.69, 9.17) is 4.42 Å². The number of para-hydroxylation sites is 1. The smallest absolute Gasteiger partial charge is 0.349 e. The summed E-state index contributed by atoms with van der Waals surface area (Å²) in [5.74, 6) is 1.29. The minimum atomic E-state index is -0.579. The predicted octanol–water partition coefficient (Wildman–Crippen LogP) is 3.65. The first-order valence-electron chi connectivity index (χ1n) is 8.44. The molecular weight excluding hydrogens is 318 g/mol. The molecule has 1 aromatic carbocycles. The third-order valence-electron chi connectivity index (χ3n) is 4.78. The average molecular weight is 337 g/mol. The van der Waals surface area contributed by atoms with Gasteiger partial charge in [-0.3, -0.25) is 4.79 Å². The summed E-state index contributed by atoms with van der Waals surface area (Å²) in [6.07, 6.45) is 3.23. The van der Waals surface area contributed by atoms with Crippen molar-refractivity contribution in [3.8, 4) is 0 Å². The molecular formula is C19H19N3O3. The molecule has 1 fully saturated rings. The number of aromatic nitrogens is 2. The summed E-state index contributed by atoms with van der Waals surface area (Å²) in [7, 11) is 0. The first kappa shape index (κ1) is 15.6. The number of rotatable bonds is 3. The Morgan fingerprint density at radius 3 is 2.80 bits per heavy atom. The highest BCUT2D eigenvalue weighted by atomic mass is 16.4. The van der Waals surface area contributed by atoms with Gasteiger partial charge in [0.15, 0.2) is 0 Å². The fourth-order valence-corrected chi connectivity index (χ4v) is 3.24. The largest absolute Gasteiger partial charge is 0.427 e. The minimum Gasteiger partial charge on any atom is -0.427 e. The molecule has 0 aliphatic heterocycles. The maximum Gasteiger partial charge on any atom is 0.349 e. The molecule has 6 heteroatoms. The second-order valence-corrected chi connectivity index (χ2v) is 6.60. The van der Waals surface area contributed by atoms with E-state index in [0.717, 1.165) is 30.6 Å². The first-order chi connectivity index (χ1) is 12.0. The Balaban J connectivity index is 1.67. The van der Waals surface area contributed by atoms with Crippen LogP contribution in [-0.2, 0) is 0 Å². The Morgan fingerprint density at radius 2 is 2.12 bits per heavy atom. The molecule has 0 saturated heterocycles. The van der Waals surface area contributed by atoms with Crippen molar-refractivity contribution < 1.29 is 9.21 Å². The van der Waals surface area contributed by atoms with Gasteiger partial charge >= 0.3 is 5.63 Å². The van der Waals surface area contributed by atoms with Crippen LogP contribution in [0.15, 0.2) is 33.5 Å². The van der Waals surface area contributed by atoms with Gasteiger partial charge in [-0.2, -0.15) is 0 Å². The highest BCUT2D eigenvalue weighted by molar-refractivity contribution is 6.08. The standard InChI is InChI=1S/C19H19N3O3/c1-10-9-15(12-5-3-6-12)25-19(24)16(10)18(23)22-14-8-4-7-13-17(14)21-11(2)20-13/h4,7-9,12H,3,5-6H2,1-2H3,(H,20,21)(H,22,23). The molecule has 2 heterocycles. The van der Waals surface area contributed by atoms with Crippen molar-refractivity contribution in [1.29, 1.82) is 0 Å². The Kier molecular flexibility index (Phi) is 3.67. The fourth-order valence-electron chi connectivity index (χ4n) is 3.24. The van der Waals surface area contributed by atoms with Crippen LogP contribution in [0, 0.1) is 13.8 Å². The Bertz CT molecular complexity index is 1030. The number of hydrogen-bond donors (Lipinski definition) is 2. The molecule has 1 aliphatic rings. The number of nitrogens with zero attached hydrogens (tertiary/aromatic N) is 1. The van der Waals surface area contributed by atoms with Crippen molar-refractivity contribution in [2.75, 3.05) is 5.32 Å². The molecule has 1 aliphatic carbocycles. The van der Waals surface area contributed by atoms with Crippen molar-refractivity contribution in [3.05, 3.63) is 57.4 Å². The van der Waals surface area contributed by atoms with Gasteiger partial charge in [-0.15, -0.1) is 0 Å². The number of nitrogens with one attached hydrogen (secondary N) is 2. The number of anilines is 1. The lowest BCUT2D eigenvalue weighted by atomic mass is 9.83. The summed E-state index contributed by atoms with van der Waals surface area (Å²) in [4.78, 5) is 32.5. The number of hydrogen-bond acceptors (Lipinski definition) is 4. The number of aryl methyl sites for hydroxylation is 2. The van der Waals surface area contributed by atoms with Gasteiger partial charge in [-0.25, -0.2) is 9.78 Å². The molecule has 0 bridgehead atoms. The van der Waals surface area contributed by atoms with Crippen LogP contribution in [0.4, 0.5) is 5.69 Å². The van der Waals surface area contributed by atoms with Gasteiger partial charge in [-0.05, 0) is 50.5 Å². The van der Waals surface area contributed by atoms with E-state index in [1.54, 1.807) is 13.0 Å². The third kappa shape index (κ3) is 2.73. The predicted molar refractivity (Wildman–Crippen MR) is 95.1 cm³/mol. The van der Waals surface area contributed by atoms with Crippen molar-refractivity contribution in [2.45, 2.75) is 39.0 Å². The van der Waals surface area contributed by atoms with Crippen LogP contribution in [-0.4, -0.2) is 15.9 Å². The van der Waals surface area contributed by atoms with E-state index in [2.05, 4.69) is 15.3 Å². The Hall–Kier alpha value is -2.89. The number of carbonyl (C=O) groups excluding carboxylic acids is 1. The van der Waals surface area contributed by atoms with E-state index >= 15 is 0 Å². The molecule has 0 atom stereocenters. The van der Waals surface area contributed by atoms with Crippen LogP contribution in [0.3, 0.4) is 0 Å².